The van der Waals surface area contributed by atoms with Gasteiger partial charge in [-0.05, 0) is 24.3 Å². The molecule has 26 heavy (non-hydrogen) atoms. The summed E-state index contributed by atoms with van der Waals surface area (Å²) in [6.45, 7) is 3.57. The van der Waals surface area contributed by atoms with Crippen LogP contribution in [0.4, 0.5) is 11.6 Å². The molecule has 0 bridgehead atoms. The molecular weight excluding hydrogens is 354 g/mol. The van der Waals surface area contributed by atoms with Gasteiger partial charge in [0, 0.05) is 12.2 Å². The second-order valence-corrected chi connectivity index (χ2v) is 6.57. The van der Waals surface area contributed by atoms with Crippen molar-refractivity contribution in [2.75, 3.05) is 18.5 Å². The second kappa shape index (κ2) is 8.62. The van der Waals surface area contributed by atoms with Gasteiger partial charge in [-0.1, -0.05) is 12.0 Å². The maximum atomic E-state index is 12.0. The Morgan fingerprint density at radius 2 is 2.08 bits per heavy atom. The first kappa shape index (κ1) is 18.9. The standard InChI is InChI=1S/C17H15N5O3S/c1-3-9-20-26(23,24)15-7-5-14(6-8-15)21-17-19-12-13(11-18)16(22-17)25-10-4-2/h2-3,5-8,12,20H,1,9-10H2,(H,19,21,22). The number of rotatable bonds is 8. The molecule has 2 rings (SSSR count). The number of benzene rings is 1. The van der Waals surface area contributed by atoms with Gasteiger partial charge < -0.3 is 10.1 Å². The molecule has 0 fully saturated rings. The van der Waals surface area contributed by atoms with Gasteiger partial charge in [0.2, 0.25) is 21.9 Å². The SMILES string of the molecule is C#CCOc1nc(Nc2ccc(S(=O)(=O)NCC=C)cc2)ncc1C#N. The molecule has 0 aliphatic rings. The minimum atomic E-state index is -3.59. The van der Waals surface area contributed by atoms with Crippen molar-refractivity contribution in [3.05, 3.63) is 48.7 Å². The van der Waals surface area contributed by atoms with Crippen molar-refractivity contribution in [2.24, 2.45) is 0 Å². The van der Waals surface area contributed by atoms with Crippen LogP contribution in [0.2, 0.25) is 0 Å². The maximum Gasteiger partial charge on any atom is 0.240 e. The number of ether oxygens (including phenoxy) is 1. The third-order valence-corrected chi connectivity index (χ3v) is 4.44. The highest BCUT2D eigenvalue weighted by Crippen LogP contribution is 2.20. The van der Waals surface area contributed by atoms with Crippen LogP contribution in [-0.2, 0) is 10.0 Å². The molecule has 0 aliphatic carbocycles. The fourth-order valence-electron chi connectivity index (χ4n) is 1.82. The maximum absolute atomic E-state index is 12.0. The van der Waals surface area contributed by atoms with Crippen molar-refractivity contribution in [1.82, 2.24) is 14.7 Å². The first-order valence-corrected chi connectivity index (χ1v) is 8.79. The number of nitriles is 1. The van der Waals surface area contributed by atoms with Gasteiger partial charge in [-0.15, -0.1) is 13.0 Å². The number of hydrogen-bond acceptors (Lipinski definition) is 7. The number of aromatic nitrogens is 2. The largest absolute Gasteiger partial charge is 0.463 e. The Kier molecular flexibility index (Phi) is 6.28. The molecule has 2 aromatic rings. The summed E-state index contributed by atoms with van der Waals surface area (Å²) in [5.74, 6) is 2.53. The molecule has 0 atom stereocenters. The van der Waals surface area contributed by atoms with E-state index >= 15 is 0 Å². The molecule has 0 aliphatic heterocycles. The van der Waals surface area contributed by atoms with Crippen LogP contribution in [0.15, 0.2) is 48.0 Å². The third-order valence-electron chi connectivity index (χ3n) is 3.00. The lowest BCUT2D eigenvalue weighted by atomic mass is 10.3. The molecule has 2 N–H and O–H groups in total. The lowest BCUT2D eigenvalue weighted by molar-refractivity contribution is 0.354. The van der Waals surface area contributed by atoms with E-state index in [1.807, 2.05) is 6.07 Å². The van der Waals surface area contributed by atoms with Crippen molar-refractivity contribution in [3.63, 3.8) is 0 Å². The molecule has 132 valence electrons. The van der Waals surface area contributed by atoms with E-state index in [2.05, 4.69) is 32.5 Å². The summed E-state index contributed by atoms with van der Waals surface area (Å²) in [6, 6.07) is 7.91. The van der Waals surface area contributed by atoms with E-state index in [0.717, 1.165) is 0 Å². The van der Waals surface area contributed by atoms with Crippen molar-refractivity contribution < 1.29 is 13.2 Å². The number of anilines is 2. The summed E-state index contributed by atoms with van der Waals surface area (Å²) in [6.07, 6.45) is 7.89. The summed E-state index contributed by atoms with van der Waals surface area (Å²) in [5.41, 5.74) is 0.709. The zero-order valence-corrected chi connectivity index (χ0v) is 14.5. The van der Waals surface area contributed by atoms with E-state index in [0.29, 0.717) is 5.69 Å². The number of nitrogens with zero attached hydrogens (tertiary/aromatic N) is 3. The Morgan fingerprint density at radius 1 is 1.35 bits per heavy atom. The molecule has 0 saturated carbocycles. The first-order valence-electron chi connectivity index (χ1n) is 7.31. The Bertz CT molecular complexity index is 973. The normalized spacial score (nSPS) is 10.4. The second-order valence-electron chi connectivity index (χ2n) is 4.81. The molecule has 1 aromatic heterocycles. The van der Waals surface area contributed by atoms with Crippen LogP contribution in [-0.4, -0.2) is 31.5 Å². The summed E-state index contributed by atoms with van der Waals surface area (Å²) >= 11 is 0. The highest BCUT2D eigenvalue weighted by molar-refractivity contribution is 7.89. The monoisotopic (exact) mass is 369 g/mol. The fraction of sp³-hybridized carbons (Fsp3) is 0.118. The van der Waals surface area contributed by atoms with E-state index in [9.17, 15) is 8.42 Å². The van der Waals surface area contributed by atoms with Crippen LogP contribution in [0, 0.1) is 23.7 Å². The van der Waals surface area contributed by atoms with Gasteiger partial charge in [-0.3, -0.25) is 0 Å². The third kappa shape index (κ3) is 4.80. The van der Waals surface area contributed by atoms with Crippen molar-refractivity contribution >= 4 is 21.7 Å². The van der Waals surface area contributed by atoms with E-state index in [4.69, 9.17) is 16.4 Å². The van der Waals surface area contributed by atoms with Gasteiger partial charge >= 0.3 is 0 Å². The average molecular weight is 369 g/mol. The Balaban J connectivity index is 2.18. The van der Waals surface area contributed by atoms with Gasteiger partial charge in [-0.2, -0.15) is 10.2 Å². The van der Waals surface area contributed by atoms with Crippen LogP contribution < -0.4 is 14.8 Å². The zero-order chi connectivity index (χ0) is 19.0. The van der Waals surface area contributed by atoms with Gasteiger partial charge in [0.15, 0.2) is 6.61 Å². The van der Waals surface area contributed by atoms with Crippen LogP contribution in [0.25, 0.3) is 0 Å². The molecule has 9 heteroatoms. The summed E-state index contributed by atoms with van der Waals surface area (Å²) in [7, 11) is -3.59. The summed E-state index contributed by atoms with van der Waals surface area (Å²) in [4.78, 5) is 8.21. The van der Waals surface area contributed by atoms with Crippen molar-refractivity contribution in [3.8, 4) is 24.3 Å². The van der Waals surface area contributed by atoms with Crippen molar-refractivity contribution in [1.29, 1.82) is 5.26 Å². The van der Waals surface area contributed by atoms with Crippen molar-refractivity contribution in [2.45, 2.75) is 4.90 Å². The number of sulfonamides is 1. The number of nitrogens with one attached hydrogen (secondary N) is 2. The van der Waals surface area contributed by atoms with Crippen LogP contribution in [0.5, 0.6) is 5.88 Å². The van der Waals surface area contributed by atoms with Gasteiger partial charge in [0.05, 0.1) is 11.1 Å². The summed E-state index contributed by atoms with van der Waals surface area (Å²) in [5, 5.41) is 11.9. The van der Waals surface area contributed by atoms with E-state index in [1.165, 1.54) is 24.4 Å². The molecular formula is C17H15N5O3S. The number of terminal acetylenes is 1. The molecule has 0 unspecified atom stereocenters. The average Bonchev–Trinajstić information content (AvgIpc) is 2.65. The molecule has 8 nitrogen and oxygen atoms in total. The lowest BCUT2D eigenvalue weighted by Crippen LogP contribution is -2.23. The highest BCUT2D eigenvalue weighted by Gasteiger charge is 2.13. The number of hydrogen-bond donors (Lipinski definition) is 2. The van der Waals surface area contributed by atoms with Crippen LogP contribution in [0.3, 0.4) is 0 Å². The Labute approximate surface area is 151 Å². The van der Waals surface area contributed by atoms with Crippen LogP contribution in [0.1, 0.15) is 5.56 Å². The predicted octanol–water partition coefficient (Wildman–Crippen LogP) is 1.57. The zero-order valence-electron chi connectivity index (χ0n) is 13.6. The fourth-order valence-corrected chi connectivity index (χ4v) is 2.82. The Hall–Kier alpha value is -3.40. The lowest BCUT2D eigenvalue weighted by Gasteiger charge is -2.09. The van der Waals surface area contributed by atoms with Crippen LogP contribution >= 0.6 is 0 Å². The first-order chi connectivity index (χ1) is 12.5. The minimum absolute atomic E-state index is 0.0323. The van der Waals surface area contributed by atoms with Gasteiger partial charge in [0.1, 0.15) is 11.6 Å². The quantitative estimate of drug-likeness (QED) is 0.536. The summed E-state index contributed by atoms with van der Waals surface area (Å²) < 4.78 is 31.6. The Morgan fingerprint density at radius 3 is 2.69 bits per heavy atom. The topological polar surface area (TPSA) is 117 Å². The molecule has 0 saturated heterocycles. The van der Waals surface area contributed by atoms with E-state index in [1.54, 1.807) is 12.1 Å². The molecule has 1 heterocycles. The smallest absolute Gasteiger partial charge is 0.240 e. The minimum Gasteiger partial charge on any atom is -0.463 e. The molecule has 0 radical (unpaired) electrons. The van der Waals surface area contributed by atoms with Gasteiger partial charge in [0.25, 0.3) is 0 Å². The molecule has 1 aromatic carbocycles. The van der Waals surface area contributed by atoms with E-state index in [-0.39, 0.29) is 35.4 Å². The van der Waals surface area contributed by atoms with E-state index < -0.39 is 10.0 Å². The molecule has 0 spiro atoms. The predicted molar refractivity (Wildman–Crippen MR) is 96.2 cm³/mol. The highest BCUT2D eigenvalue weighted by atomic mass is 32.2. The molecule has 0 amide bonds. The van der Waals surface area contributed by atoms with Gasteiger partial charge in [-0.25, -0.2) is 18.1 Å².